The van der Waals surface area contributed by atoms with Gasteiger partial charge in [0.15, 0.2) is 0 Å². The number of carboxylic acids is 1. The number of hydrogen-bond acceptors (Lipinski definition) is 4. The molecule has 0 saturated carbocycles. The van der Waals surface area contributed by atoms with Gasteiger partial charge >= 0.3 is 12.1 Å². The third-order valence-electron chi connectivity index (χ3n) is 5.48. The lowest BCUT2D eigenvalue weighted by atomic mass is 9.98. The third kappa shape index (κ3) is 5.63. The zero-order chi connectivity index (χ0) is 22.4. The minimum atomic E-state index is -0.975. The van der Waals surface area contributed by atoms with Gasteiger partial charge in [-0.3, -0.25) is 9.59 Å². The normalized spacial score (nSPS) is 14.1. The van der Waals surface area contributed by atoms with E-state index in [2.05, 4.69) is 34.9 Å². The lowest BCUT2D eigenvalue weighted by Gasteiger charge is -2.19. The molecule has 164 valence electrons. The van der Waals surface area contributed by atoms with Gasteiger partial charge < -0.3 is 20.5 Å². The second-order valence-corrected chi connectivity index (χ2v) is 7.85. The van der Waals surface area contributed by atoms with Crippen molar-refractivity contribution in [3.63, 3.8) is 0 Å². The molecule has 1 aliphatic rings. The van der Waals surface area contributed by atoms with Crippen molar-refractivity contribution in [1.29, 1.82) is 0 Å². The molecule has 1 aliphatic carbocycles. The Morgan fingerprint density at radius 1 is 0.968 bits per heavy atom. The zero-order valence-corrected chi connectivity index (χ0v) is 17.8. The Hall–Kier alpha value is -3.35. The number of carbonyl (C=O) groups is 3. The maximum atomic E-state index is 12.4. The maximum absolute atomic E-state index is 12.4. The molecule has 0 radical (unpaired) electrons. The summed E-state index contributed by atoms with van der Waals surface area (Å²) in [6, 6.07) is 15.3. The summed E-state index contributed by atoms with van der Waals surface area (Å²) in [5, 5.41) is 14.2. The van der Waals surface area contributed by atoms with Crippen LogP contribution in [-0.4, -0.2) is 41.8 Å². The molecule has 3 N–H and O–H groups in total. The van der Waals surface area contributed by atoms with Gasteiger partial charge in [0.1, 0.15) is 6.61 Å². The number of amides is 2. The summed E-state index contributed by atoms with van der Waals surface area (Å²) in [4.78, 5) is 35.3. The summed E-state index contributed by atoms with van der Waals surface area (Å²) in [5.41, 5.74) is 4.59. The van der Waals surface area contributed by atoms with Gasteiger partial charge in [0.25, 0.3) is 0 Å². The Labute approximate surface area is 181 Å². The Balaban J connectivity index is 1.55. The smallest absolute Gasteiger partial charge is 0.407 e. The monoisotopic (exact) mass is 424 g/mol. The second kappa shape index (κ2) is 10.1. The van der Waals surface area contributed by atoms with Crippen LogP contribution in [0, 0.1) is 0 Å². The molecule has 3 rings (SSSR count). The van der Waals surface area contributed by atoms with Crippen LogP contribution in [0.1, 0.15) is 50.2 Å². The van der Waals surface area contributed by atoms with Crippen LogP contribution in [0.15, 0.2) is 48.5 Å². The molecule has 7 nitrogen and oxygen atoms in total. The van der Waals surface area contributed by atoms with Gasteiger partial charge in [-0.05, 0) is 35.6 Å². The first-order valence-corrected chi connectivity index (χ1v) is 10.5. The van der Waals surface area contributed by atoms with Crippen molar-refractivity contribution in [3.8, 4) is 11.1 Å². The highest BCUT2D eigenvalue weighted by molar-refractivity contribution is 5.80. The second-order valence-electron chi connectivity index (χ2n) is 7.85. The van der Waals surface area contributed by atoms with E-state index in [0.717, 1.165) is 22.3 Å². The van der Waals surface area contributed by atoms with Gasteiger partial charge in [-0.25, -0.2) is 4.79 Å². The molecule has 0 spiro atoms. The molecule has 0 aliphatic heterocycles. The number of nitrogens with one attached hydrogen (secondary N) is 2. The molecule has 0 bridgehead atoms. The molecule has 0 saturated heterocycles. The fourth-order valence-corrected chi connectivity index (χ4v) is 3.97. The van der Waals surface area contributed by atoms with Gasteiger partial charge in [-0.1, -0.05) is 55.5 Å². The predicted molar refractivity (Wildman–Crippen MR) is 117 cm³/mol. The largest absolute Gasteiger partial charge is 0.481 e. The van der Waals surface area contributed by atoms with Crippen molar-refractivity contribution < 1.29 is 24.2 Å². The standard InChI is InChI=1S/C24H28N2O5/c1-3-16(13-22(27)25-15(2)12-23(28)29)26-24(30)31-14-21-19-10-6-4-8-17(19)18-9-5-7-11-20(18)21/h4-11,15-16,21H,3,12-14H2,1-2H3,(H,25,27)(H,26,30)(H,28,29)/t15?,16-/m1/s1. The van der Waals surface area contributed by atoms with Crippen LogP contribution < -0.4 is 10.6 Å². The van der Waals surface area contributed by atoms with Crippen LogP contribution >= 0.6 is 0 Å². The molecule has 0 fully saturated rings. The lowest BCUT2D eigenvalue weighted by Crippen LogP contribution is -2.41. The van der Waals surface area contributed by atoms with Crippen molar-refractivity contribution in [2.24, 2.45) is 0 Å². The molecule has 31 heavy (non-hydrogen) atoms. The Kier molecular flexibility index (Phi) is 7.28. The molecule has 1 unspecified atom stereocenters. The molecule has 0 heterocycles. The van der Waals surface area contributed by atoms with Crippen LogP contribution in [0.2, 0.25) is 0 Å². The van der Waals surface area contributed by atoms with E-state index in [1.807, 2.05) is 31.2 Å². The van der Waals surface area contributed by atoms with Crippen molar-refractivity contribution in [3.05, 3.63) is 59.7 Å². The molecule has 2 aromatic rings. The van der Waals surface area contributed by atoms with Crippen LogP contribution in [0.4, 0.5) is 4.79 Å². The van der Waals surface area contributed by atoms with E-state index in [4.69, 9.17) is 9.84 Å². The Morgan fingerprint density at radius 2 is 1.55 bits per heavy atom. The SMILES string of the molecule is CC[C@H](CC(=O)NC(C)CC(=O)O)NC(=O)OCC1c2ccccc2-c2ccccc21. The van der Waals surface area contributed by atoms with E-state index in [1.54, 1.807) is 6.92 Å². The van der Waals surface area contributed by atoms with Crippen LogP contribution in [0.3, 0.4) is 0 Å². The minimum absolute atomic E-state index is 0.0293. The molecular formula is C24H28N2O5. The summed E-state index contributed by atoms with van der Waals surface area (Å²) < 4.78 is 5.53. The Bertz CT molecular complexity index is 913. The number of ether oxygens (including phenoxy) is 1. The summed E-state index contributed by atoms with van der Waals surface area (Å²) in [6.07, 6.45) is -0.113. The highest BCUT2D eigenvalue weighted by Gasteiger charge is 2.29. The van der Waals surface area contributed by atoms with E-state index >= 15 is 0 Å². The summed E-state index contributed by atoms with van der Waals surface area (Å²) >= 11 is 0. The third-order valence-corrected chi connectivity index (χ3v) is 5.48. The number of carboxylic acid groups (broad SMARTS) is 1. The summed E-state index contributed by atoms with van der Waals surface area (Å²) in [6.45, 7) is 3.70. The summed E-state index contributed by atoms with van der Waals surface area (Å²) in [5.74, 6) is -1.31. The van der Waals surface area contributed by atoms with E-state index in [1.165, 1.54) is 0 Å². The zero-order valence-electron chi connectivity index (χ0n) is 17.8. The van der Waals surface area contributed by atoms with Crippen molar-refractivity contribution >= 4 is 18.0 Å². The number of fused-ring (bicyclic) bond motifs is 3. The topological polar surface area (TPSA) is 105 Å². The van der Waals surface area contributed by atoms with Crippen molar-refractivity contribution in [2.45, 2.75) is 51.1 Å². The maximum Gasteiger partial charge on any atom is 0.407 e. The fraction of sp³-hybridized carbons (Fsp3) is 0.375. The fourth-order valence-electron chi connectivity index (χ4n) is 3.97. The van der Waals surface area contributed by atoms with E-state index < -0.39 is 24.1 Å². The molecule has 2 atom stereocenters. The van der Waals surface area contributed by atoms with Gasteiger partial charge in [0.05, 0.1) is 6.42 Å². The average Bonchev–Trinajstić information content (AvgIpc) is 3.05. The first-order valence-electron chi connectivity index (χ1n) is 10.5. The van der Waals surface area contributed by atoms with Gasteiger partial charge in [-0.2, -0.15) is 0 Å². The number of carbonyl (C=O) groups excluding carboxylic acids is 2. The lowest BCUT2D eigenvalue weighted by molar-refractivity contribution is -0.137. The van der Waals surface area contributed by atoms with Crippen LogP contribution in [0.25, 0.3) is 11.1 Å². The van der Waals surface area contributed by atoms with Crippen LogP contribution in [-0.2, 0) is 14.3 Å². The number of benzene rings is 2. The number of aliphatic carboxylic acids is 1. The first kappa shape index (κ1) is 22.3. The van der Waals surface area contributed by atoms with E-state index in [-0.39, 0.29) is 31.3 Å². The molecular weight excluding hydrogens is 396 g/mol. The molecule has 0 aromatic heterocycles. The molecule has 2 aromatic carbocycles. The number of alkyl carbamates (subject to hydrolysis) is 1. The van der Waals surface area contributed by atoms with Crippen molar-refractivity contribution in [1.82, 2.24) is 10.6 Å². The predicted octanol–water partition coefficient (Wildman–Crippen LogP) is 3.67. The van der Waals surface area contributed by atoms with Crippen LogP contribution in [0.5, 0.6) is 0 Å². The Morgan fingerprint density at radius 3 is 2.10 bits per heavy atom. The van der Waals surface area contributed by atoms with E-state index in [9.17, 15) is 14.4 Å². The first-order chi connectivity index (χ1) is 14.9. The average molecular weight is 424 g/mol. The van der Waals surface area contributed by atoms with Gasteiger partial charge in [0, 0.05) is 24.4 Å². The number of hydrogen-bond donors (Lipinski definition) is 3. The highest BCUT2D eigenvalue weighted by atomic mass is 16.5. The van der Waals surface area contributed by atoms with Gasteiger partial charge in [-0.15, -0.1) is 0 Å². The summed E-state index contributed by atoms with van der Waals surface area (Å²) in [7, 11) is 0. The number of rotatable bonds is 9. The molecule has 7 heteroatoms. The van der Waals surface area contributed by atoms with E-state index in [0.29, 0.717) is 6.42 Å². The van der Waals surface area contributed by atoms with Gasteiger partial charge in [0.2, 0.25) is 5.91 Å². The van der Waals surface area contributed by atoms with Crippen molar-refractivity contribution in [2.75, 3.05) is 6.61 Å². The molecule has 2 amide bonds. The quantitative estimate of drug-likeness (QED) is 0.570. The minimum Gasteiger partial charge on any atom is -0.481 e. The highest BCUT2D eigenvalue weighted by Crippen LogP contribution is 2.44.